The summed E-state index contributed by atoms with van der Waals surface area (Å²) in [6.07, 6.45) is 5.47. The quantitative estimate of drug-likeness (QED) is 0.827. The van der Waals surface area contributed by atoms with E-state index >= 15 is 0 Å². The largest absolute Gasteiger partial charge is 0.312 e. The minimum atomic E-state index is 0.168. The van der Waals surface area contributed by atoms with Crippen LogP contribution in [-0.4, -0.2) is 29.1 Å². The van der Waals surface area contributed by atoms with Crippen LogP contribution in [0.15, 0.2) is 23.1 Å². The van der Waals surface area contributed by atoms with E-state index < -0.39 is 0 Å². The van der Waals surface area contributed by atoms with Crippen molar-refractivity contribution in [2.45, 2.75) is 58.9 Å². The highest BCUT2D eigenvalue weighted by Gasteiger charge is 2.21. The van der Waals surface area contributed by atoms with Crippen LogP contribution in [0.4, 0.5) is 0 Å². The van der Waals surface area contributed by atoms with Crippen molar-refractivity contribution in [1.82, 2.24) is 9.47 Å². The molecule has 3 heteroatoms. The third-order valence-electron chi connectivity index (χ3n) is 4.61. The molecule has 0 amide bonds. The summed E-state index contributed by atoms with van der Waals surface area (Å²) in [5.41, 5.74) is 1.31. The van der Waals surface area contributed by atoms with Crippen molar-refractivity contribution in [1.29, 1.82) is 0 Å². The Hall–Kier alpha value is -1.09. The fourth-order valence-electron chi connectivity index (χ4n) is 3.03. The summed E-state index contributed by atoms with van der Waals surface area (Å²) >= 11 is 0. The van der Waals surface area contributed by atoms with E-state index in [9.17, 15) is 4.79 Å². The van der Waals surface area contributed by atoms with Gasteiger partial charge in [-0.15, -0.1) is 0 Å². The van der Waals surface area contributed by atoms with Gasteiger partial charge in [-0.2, -0.15) is 0 Å². The minimum absolute atomic E-state index is 0.168. The highest BCUT2D eigenvalue weighted by atomic mass is 16.1. The first-order chi connectivity index (χ1) is 9.97. The molecule has 1 aromatic rings. The van der Waals surface area contributed by atoms with Crippen LogP contribution in [0, 0.1) is 5.92 Å². The maximum Gasteiger partial charge on any atom is 0.251 e. The molecule has 0 N–H and O–H groups in total. The van der Waals surface area contributed by atoms with E-state index in [0.717, 1.165) is 37.4 Å². The monoisotopic (exact) mass is 290 g/mol. The van der Waals surface area contributed by atoms with Crippen molar-refractivity contribution in [3.8, 4) is 0 Å². The lowest BCUT2D eigenvalue weighted by Crippen LogP contribution is -2.38. The highest BCUT2D eigenvalue weighted by molar-refractivity contribution is 5.15. The van der Waals surface area contributed by atoms with E-state index in [-0.39, 0.29) is 5.56 Å². The summed E-state index contributed by atoms with van der Waals surface area (Å²) in [7, 11) is 0. The van der Waals surface area contributed by atoms with E-state index in [0.29, 0.717) is 12.0 Å². The van der Waals surface area contributed by atoms with Gasteiger partial charge in [-0.25, -0.2) is 0 Å². The molecule has 0 spiro atoms. The molecule has 0 atom stereocenters. The van der Waals surface area contributed by atoms with Crippen LogP contribution in [0.3, 0.4) is 0 Å². The molecule has 0 aromatic carbocycles. The summed E-state index contributed by atoms with van der Waals surface area (Å²) in [5, 5.41) is 0. The fourth-order valence-corrected chi connectivity index (χ4v) is 3.03. The summed E-state index contributed by atoms with van der Waals surface area (Å²) in [6, 6.07) is 4.31. The number of nitrogens with zero attached hydrogens (tertiary/aromatic N) is 2. The fraction of sp³-hybridized carbons (Fsp3) is 0.722. The van der Waals surface area contributed by atoms with Crippen molar-refractivity contribution in [3.63, 3.8) is 0 Å². The van der Waals surface area contributed by atoms with Crippen LogP contribution in [0.5, 0.6) is 0 Å². The van der Waals surface area contributed by atoms with Gasteiger partial charge in [0.25, 0.3) is 5.56 Å². The van der Waals surface area contributed by atoms with Crippen molar-refractivity contribution in [2.24, 2.45) is 5.92 Å². The number of hydrogen-bond acceptors (Lipinski definition) is 2. The van der Waals surface area contributed by atoms with E-state index in [1.165, 1.54) is 13.0 Å². The van der Waals surface area contributed by atoms with Gasteiger partial charge in [0.2, 0.25) is 0 Å². The predicted molar refractivity (Wildman–Crippen MR) is 89.0 cm³/mol. The Labute approximate surface area is 129 Å². The van der Waals surface area contributed by atoms with E-state index in [4.69, 9.17) is 0 Å². The zero-order valence-electron chi connectivity index (χ0n) is 14.0. The van der Waals surface area contributed by atoms with Crippen LogP contribution in [0.2, 0.25) is 0 Å². The molecule has 0 bridgehead atoms. The van der Waals surface area contributed by atoms with Gasteiger partial charge in [-0.3, -0.25) is 4.79 Å². The standard InChI is InChI=1S/C18H30N2O/c1-14(2)5-9-19-10-7-17(8-11-19)20-12-6-16(15(3)4)13-18(20)21/h6,12-15,17H,5,7-11H2,1-4H3. The van der Waals surface area contributed by atoms with E-state index in [2.05, 4.69) is 38.7 Å². The first-order valence-corrected chi connectivity index (χ1v) is 8.41. The Balaban J connectivity index is 1.95. The molecule has 21 heavy (non-hydrogen) atoms. The van der Waals surface area contributed by atoms with Crippen molar-refractivity contribution >= 4 is 0 Å². The summed E-state index contributed by atoms with van der Waals surface area (Å²) in [6.45, 7) is 12.3. The lowest BCUT2D eigenvalue weighted by atomic mass is 10.0. The van der Waals surface area contributed by atoms with E-state index in [1.807, 2.05) is 16.8 Å². The van der Waals surface area contributed by atoms with Gasteiger partial charge in [-0.05, 0) is 49.3 Å². The van der Waals surface area contributed by atoms with Crippen molar-refractivity contribution in [2.75, 3.05) is 19.6 Å². The molecule has 1 aromatic heterocycles. The molecule has 0 saturated carbocycles. The summed E-state index contributed by atoms with van der Waals surface area (Å²) in [5.74, 6) is 1.19. The number of likely N-dealkylation sites (tertiary alicyclic amines) is 1. The Morgan fingerprint density at radius 1 is 1.19 bits per heavy atom. The number of rotatable bonds is 5. The lowest BCUT2D eigenvalue weighted by Gasteiger charge is -2.33. The maximum atomic E-state index is 12.3. The Kier molecular flexibility index (Phi) is 5.63. The maximum absolute atomic E-state index is 12.3. The molecule has 2 heterocycles. The number of hydrogen-bond donors (Lipinski definition) is 0. The van der Waals surface area contributed by atoms with Gasteiger partial charge in [-0.1, -0.05) is 27.7 Å². The molecule has 1 fully saturated rings. The third-order valence-corrected chi connectivity index (χ3v) is 4.61. The number of pyridine rings is 1. The van der Waals surface area contributed by atoms with Gasteiger partial charge in [0.05, 0.1) is 0 Å². The second kappa shape index (κ2) is 7.26. The molecule has 3 nitrogen and oxygen atoms in total. The van der Waals surface area contributed by atoms with Crippen LogP contribution in [0.25, 0.3) is 0 Å². The minimum Gasteiger partial charge on any atom is -0.312 e. The van der Waals surface area contributed by atoms with Crippen LogP contribution in [-0.2, 0) is 0 Å². The second-order valence-electron chi connectivity index (χ2n) is 7.12. The molecule has 1 saturated heterocycles. The van der Waals surface area contributed by atoms with Gasteiger partial charge >= 0.3 is 0 Å². The van der Waals surface area contributed by atoms with Gasteiger partial charge in [0, 0.05) is 31.4 Å². The molecular weight excluding hydrogens is 260 g/mol. The zero-order chi connectivity index (χ0) is 15.4. The molecular formula is C18H30N2O. The van der Waals surface area contributed by atoms with Gasteiger partial charge < -0.3 is 9.47 Å². The molecule has 118 valence electrons. The Morgan fingerprint density at radius 3 is 2.38 bits per heavy atom. The molecule has 0 aliphatic carbocycles. The van der Waals surface area contributed by atoms with E-state index in [1.54, 1.807) is 0 Å². The SMILES string of the molecule is CC(C)CCN1CCC(n2ccc(C(C)C)cc2=O)CC1. The van der Waals surface area contributed by atoms with Crippen LogP contribution >= 0.6 is 0 Å². The summed E-state index contributed by atoms with van der Waals surface area (Å²) < 4.78 is 1.95. The Morgan fingerprint density at radius 2 is 1.86 bits per heavy atom. The normalized spacial score (nSPS) is 17.8. The lowest BCUT2D eigenvalue weighted by molar-refractivity contribution is 0.177. The zero-order valence-corrected chi connectivity index (χ0v) is 14.0. The predicted octanol–water partition coefficient (Wildman–Crippen LogP) is 3.65. The molecule has 2 rings (SSSR count). The molecule has 1 aliphatic heterocycles. The average Bonchev–Trinajstić information content (AvgIpc) is 2.45. The molecule has 0 radical (unpaired) electrons. The number of piperidine rings is 1. The Bertz CT molecular complexity index is 496. The van der Waals surface area contributed by atoms with Crippen molar-refractivity contribution < 1.29 is 0 Å². The van der Waals surface area contributed by atoms with Crippen LogP contribution < -0.4 is 5.56 Å². The average molecular weight is 290 g/mol. The highest BCUT2D eigenvalue weighted by Crippen LogP contribution is 2.22. The van der Waals surface area contributed by atoms with Crippen LogP contribution in [0.1, 0.15) is 64.5 Å². The third kappa shape index (κ3) is 4.44. The van der Waals surface area contributed by atoms with Gasteiger partial charge in [0.1, 0.15) is 0 Å². The summed E-state index contributed by atoms with van der Waals surface area (Å²) in [4.78, 5) is 14.8. The first-order valence-electron chi connectivity index (χ1n) is 8.41. The second-order valence-corrected chi connectivity index (χ2v) is 7.12. The topological polar surface area (TPSA) is 25.2 Å². The number of aromatic nitrogens is 1. The smallest absolute Gasteiger partial charge is 0.251 e. The van der Waals surface area contributed by atoms with Gasteiger partial charge in [0.15, 0.2) is 0 Å². The molecule has 0 unspecified atom stereocenters. The molecule has 1 aliphatic rings. The first kappa shape index (κ1) is 16.3. The van der Waals surface area contributed by atoms with Crippen molar-refractivity contribution in [3.05, 3.63) is 34.2 Å².